The van der Waals surface area contributed by atoms with Crippen LogP contribution >= 0.6 is 0 Å². The maximum absolute atomic E-state index is 12.3. The zero-order valence-corrected chi connectivity index (χ0v) is 11.5. The SMILES string of the molecule is CCC(C(=O)NCc1cccc(O)c1)c1ccccc1. The standard InChI is InChI=1S/C17H19NO2/c1-2-16(14-8-4-3-5-9-14)17(20)18-12-13-7-6-10-15(19)11-13/h3-11,16,19H,2,12H2,1H3,(H,18,20). The molecule has 3 heteroatoms. The molecular weight excluding hydrogens is 250 g/mol. The normalized spacial score (nSPS) is 11.8. The van der Waals surface area contributed by atoms with E-state index < -0.39 is 0 Å². The lowest BCUT2D eigenvalue weighted by molar-refractivity contribution is -0.122. The predicted molar refractivity (Wildman–Crippen MR) is 79.4 cm³/mol. The lowest BCUT2D eigenvalue weighted by Crippen LogP contribution is -2.28. The number of aromatic hydroxyl groups is 1. The Morgan fingerprint density at radius 2 is 1.90 bits per heavy atom. The van der Waals surface area contributed by atoms with Gasteiger partial charge in [-0.05, 0) is 29.7 Å². The van der Waals surface area contributed by atoms with Crippen molar-refractivity contribution in [1.82, 2.24) is 5.32 Å². The van der Waals surface area contributed by atoms with Crippen LogP contribution < -0.4 is 5.32 Å². The summed E-state index contributed by atoms with van der Waals surface area (Å²) >= 11 is 0. The Labute approximate surface area is 119 Å². The molecule has 1 atom stereocenters. The van der Waals surface area contributed by atoms with Gasteiger partial charge >= 0.3 is 0 Å². The van der Waals surface area contributed by atoms with Crippen molar-refractivity contribution >= 4 is 5.91 Å². The Bertz CT molecular complexity index is 566. The van der Waals surface area contributed by atoms with E-state index in [9.17, 15) is 9.90 Å². The molecule has 0 aliphatic heterocycles. The van der Waals surface area contributed by atoms with Crippen LogP contribution in [0, 0.1) is 0 Å². The Morgan fingerprint density at radius 3 is 2.55 bits per heavy atom. The van der Waals surface area contributed by atoms with Crippen LogP contribution in [-0.4, -0.2) is 11.0 Å². The Balaban J connectivity index is 2.00. The molecule has 0 saturated carbocycles. The lowest BCUT2D eigenvalue weighted by Gasteiger charge is -2.15. The summed E-state index contributed by atoms with van der Waals surface area (Å²) in [6.07, 6.45) is 0.760. The van der Waals surface area contributed by atoms with E-state index in [1.807, 2.05) is 43.3 Å². The molecule has 2 aromatic carbocycles. The largest absolute Gasteiger partial charge is 0.508 e. The number of benzene rings is 2. The van der Waals surface area contributed by atoms with E-state index in [0.717, 1.165) is 17.5 Å². The Morgan fingerprint density at radius 1 is 1.15 bits per heavy atom. The Hall–Kier alpha value is -2.29. The van der Waals surface area contributed by atoms with Gasteiger partial charge in [0.15, 0.2) is 0 Å². The van der Waals surface area contributed by atoms with Gasteiger partial charge in [0.05, 0.1) is 5.92 Å². The van der Waals surface area contributed by atoms with Gasteiger partial charge in [0.25, 0.3) is 0 Å². The second kappa shape index (κ2) is 6.75. The first-order valence-corrected chi connectivity index (χ1v) is 6.81. The second-order valence-electron chi connectivity index (χ2n) is 4.76. The smallest absolute Gasteiger partial charge is 0.227 e. The molecule has 3 nitrogen and oxygen atoms in total. The average Bonchev–Trinajstić information content (AvgIpc) is 2.47. The maximum atomic E-state index is 12.3. The van der Waals surface area contributed by atoms with Crippen molar-refractivity contribution in [3.63, 3.8) is 0 Å². The fourth-order valence-electron chi connectivity index (χ4n) is 2.24. The van der Waals surface area contributed by atoms with E-state index in [1.165, 1.54) is 0 Å². The summed E-state index contributed by atoms with van der Waals surface area (Å²) in [4.78, 5) is 12.3. The predicted octanol–water partition coefficient (Wildman–Crippen LogP) is 3.20. The molecule has 1 amide bonds. The van der Waals surface area contributed by atoms with Crippen LogP contribution in [0.25, 0.3) is 0 Å². The summed E-state index contributed by atoms with van der Waals surface area (Å²) in [5.41, 5.74) is 1.92. The fourth-order valence-corrected chi connectivity index (χ4v) is 2.24. The van der Waals surface area contributed by atoms with Crippen molar-refractivity contribution in [3.05, 3.63) is 65.7 Å². The molecule has 104 valence electrons. The molecule has 0 radical (unpaired) electrons. The highest BCUT2D eigenvalue weighted by molar-refractivity contribution is 5.83. The van der Waals surface area contributed by atoms with Crippen molar-refractivity contribution in [2.45, 2.75) is 25.8 Å². The summed E-state index contributed by atoms with van der Waals surface area (Å²) in [5.74, 6) is 0.0994. The molecule has 0 fully saturated rings. The molecule has 2 rings (SSSR count). The molecule has 0 aliphatic rings. The number of hydrogen-bond acceptors (Lipinski definition) is 2. The van der Waals surface area contributed by atoms with Crippen molar-refractivity contribution in [2.75, 3.05) is 0 Å². The lowest BCUT2D eigenvalue weighted by atomic mass is 9.95. The van der Waals surface area contributed by atoms with Gasteiger partial charge in [-0.15, -0.1) is 0 Å². The van der Waals surface area contributed by atoms with E-state index in [-0.39, 0.29) is 17.6 Å². The summed E-state index contributed by atoms with van der Waals surface area (Å²) < 4.78 is 0. The van der Waals surface area contributed by atoms with Crippen molar-refractivity contribution in [2.24, 2.45) is 0 Å². The van der Waals surface area contributed by atoms with Gasteiger partial charge in [0.1, 0.15) is 5.75 Å². The number of nitrogens with one attached hydrogen (secondary N) is 1. The fraction of sp³-hybridized carbons (Fsp3) is 0.235. The second-order valence-corrected chi connectivity index (χ2v) is 4.76. The Kier molecular flexibility index (Phi) is 4.77. The highest BCUT2D eigenvalue weighted by atomic mass is 16.3. The molecular formula is C17H19NO2. The summed E-state index contributed by atoms with van der Waals surface area (Å²) in [6, 6.07) is 16.7. The molecule has 2 N–H and O–H groups in total. The summed E-state index contributed by atoms with van der Waals surface area (Å²) in [5, 5.41) is 12.3. The number of carbonyl (C=O) groups is 1. The molecule has 0 bridgehead atoms. The van der Waals surface area contributed by atoms with E-state index >= 15 is 0 Å². The molecule has 1 unspecified atom stereocenters. The summed E-state index contributed by atoms with van der Waals surface area (Å²) in [7, 11) is 0. The van der Waals surface area contributed by atoms with E-state index in [1.54, 1.807) is 18.2 Å². The highest BCUT2D eigenvalue weighted by Gasteiger charge is 2.17. The third-order valence-electron chi connectivity index (χ3n) is 3.30. The molecule has 0 aliphatic carbocycles. The number of amides is 1. The molecule has 0 heterocycles. The van der Waals surface area contributed by atoms with Gasteiger partial charge in [-0.3, -0.25) is 4.79 Å². The van der Waals surface area contributed by atoms with Crippen LogP contribution in [0.2, 0.25) is 0 Å². The number of carbonyl (C=O) groups excluding carboxylic acids is 1. The van der Waals surface area contributed by atoms with Crippen LogP contribution in [0.3, 0.4) is 0 Å². The topological polar surface area (TPSA) is 49.3 Å². The van der Waals surface area contributed by atoms with Gasteiger partial charge in [-0.1, -0.05) is 49.4 Å². The van der Waals surface area contributed by atoms with Gasteiger partial charge < -0.3 is 10.4 Å². The first kappa shape index (κ1) is 14.1. The van der Waals surface area contributed by atoms with Gasteiger partial charge in [0, 0.05) is 6.54 Å². The number of rotatable bonds is 5. The highest BCUT2D eigenvalue weighted by Crippen LogP contribution is 2.19. The van der Waals surface area contributed by atoms with Crippen LogP contribution in [0.4, 0.5) is 0 Å². The van der Waals surface area contributed by atoms with Crippen LogP contribution in [0.1, 0.15) is 30.4 Å². The molecule has 2 aromatic rings. The van der Waals surface area contributed by atoms with E-state index in [2.05, 4.69) is 5.32 Å². The molecule has 20 heavy (non-hydrogen) atoms. The third kappa shape index (κ3) is 3.60. The first-order chi connectivity index (χ1) is 9.70. The number of phenols is 1. The molecule has 0 aromatic heterocycles. The van der Waals surface area contributed by atoms with Crippen molar-refractivity contribution in [3.8, 4) is 5.75 Å². The zero-order chi connectivity index (χ0) is 14.4. The molecule has 0 saturated heterocycles. The van der Waals surface area contributed by atoms with E-state index in [4.69, 9.17) is 0 Å². The first-order valence-electron chi connectivity index (χ1n) is 6.81. The zero-order valence-electron chi connectivity index (χ0n) is 11.5. The third-order valence-corrected chi connectivity index (χ3v) is 3.30. The average molecular weight is 269 g/mol. The van der Waals surface area contributed by atoms with Crippen LogP contribution in [0.5, 0.6) is 5.75 Å². The van der Waals surface area contributed by atoms with Crippen LogP contribution in [0.15, 0.2) is 54.6 Å². The summed E-state index contributed by atoms with van der Waals surface area (Å²) in [6.45, 7) is 2.43. The maximum Gasteiger partial charge on any atom is 0.227 e. The van der Waals surface area contributed by atoms with Gasteiger partial charge in [-0.25, -0.2) is 0 Å². The van der Waals surface area contributed by atoms with E-state index in [0.29, 0.717) is 6.54 Å². The minimum Gasteiger partial charge on any atom is -0.508 e. The molecule has 0 spiro atoms. The van der Waals surface area contributed by atoms with Gasteiger partial charge in [0.2, 0.25) is 5.91 Å². The van der Waals surface area contributed by atoms with Crippen LogP contribution in [-0.2, 0) is 11.3 Å². The van der Waals surface area contributed by atoms with Crippen molar-refractivity contribution < 1.29 is 9.90 Å². The monoisotopic (exact) mass is 269 g/mol. The number of hydrogen-bond donors (Lipinski definition) is 2. The number of phenolic OH excluding ortho intramolecular Hbond substituents is 1. The quantitative estimate of drug-likeness (QED) is 0.875. The minimum atomic E-state index is -0.131. The van der Waals surface area contributed by atoms with Crippen molar-refractivity contribution in [1.29, 1.82) is 0 Å². The minimum absolute atomic E-state index is 0.0158. The van der Waals surface area contributed by atoms with Gasteiger partial charge in [-0.2, -0.15) is 0 Å².